The number of nitro groups is 1. The Morgan fingerprint density at radius 3 is 2.42 bits per heavy atom. The molecule has 26 heavy (non-hydrogen) atoms. The van der Waals surface area contributed by atoms with Gasteiger partial charge in [-0.3, -0.25) is 14.7 Å². The van der Waals surface area contributed by atoms with Gasteiger partial charge in [0.25, 0.3) is 15.8 Å². The quantitative estimate of drug-likeness (QED) is 0.305. The van der Waals surface area contributed by atoms with Crippen LogP contribution in [0.4, 0.5) is 17.1 Å². The van der Waals surface area contributed by atoms with Gasteiger partial charge in [-0.1, -0.05) is 30.3 Å². The zero-order valence-corrected chi connectivity index (χ0v) is 13.8. The molecule has 9 nitrogen and oxygen atoms in total. The third-order valence-corrected chi connectivity index (χ3v) is 4.43. The predicted octanol–water partition coefficient (Wildman–Crippen LogP) is 4.12. The molecule has 3 aromatic rings. The van der Waals surface area contributed by atoms with Gasteiger partial charge in [-0.25, -0.2) is 0 Å². The van der Waals surface area contributed by atoms with Gasteiger partial charge in [0, 0.05) is 11.5 Å². The highest BCUT2D eigenvalue weighted by molar-refractivity contribution is 7.85. The lowest BCUT2D eigenvalue weighted by atomic mass is 10.1. The van der Waals surface area contributed by atoms with Crippen LogP contribution in [0.15, 0.2) is 69.7 Å². The Balaban J connectivity index is 2.12. The highest BCUT2D eigenvalue weighted by Crippen LogP contribution is 2.37. The molecule has 0 unspecified atom stereocenters. The van der Waals surface area contributed by atoms with E-state index in [1.165, 1.54) is 6.07 Å². The standard InChI is InChI=1S/C16H11N3O6S/c20-15-8-5-10-3-1-2-4-12(10)16(15)18-17-13-7-6-11(26(23,24)25)9-14(13)19(21)22/h1-9,20H,(H,23,24,25). The average Bonchev–Trinajstić information content (AvgIpc) is 2.60. The number of phenols is 1. The molecule has 0 saturated heterocycles. The van der Waals surface area contributed by atoms with Crippen molar-refractivity contribution >= 4 is 38.0 Å². The first-order valence-corrected chi connectivity index (χ1v) is 8.60. The summed E-state index contributed by atoms with van der Waals surface area (Å²) in [7, 11) is -4.59. The van der Waals surface area contributed by atoms with E-state index >= 15 is 0 Å². The van der Waals surface area contributed by atoms with Crippen LogP contribution in [0.25, 0.3) is 10.8 Å². The fraction of sp³-hybridized carbons (Fsp3) is 0. The fourth-order valence-electron chi connectivity index (χ4n) is 2.35. The zero-order valence-electron chi connectivity index (χ0n) is 13.0. The largest absolute Gasteiger partial charge is 0.506 e. The zero-order chi connectivity index (χ0) is 18.9. The molecule has 0 heterocycles. The minimum atomic E-state index is -4.59. The summed E-state index contributed by atoms with van der Waals surface area (Å²) in [5.41, 5.74) is -0.755. The van der Waals surface area contributed by atoms with Gasteiger partial charge in [0.2, 0.25) is 0 Å². The third-order valence-electron chi connectivity index (χ3n) is 3.58. The number of benzene rings is 3. The number of rotatable bonds is 4. The van der Waals surface area contributed by atoms with E-state index in [1.54, 1.807) is 30.3 Å². The summed E-state index contributed by atoms with van der Waals surface area (Å²) < 4.78 is 31.3. The summed E-state index contributed by atoms with van der Waals surface area (Å²) in [4.78, 5) is 9.70. The SMILES string of the molecule is O=[N+]([O-])c1cc(S(=O)(=O)O)ccc1N=Nc1c(O)ccc2ccccc12. The van der Waals surface area contributed by atoms with Crippen molar-refractivity contribution in [2.75, 3.05) is 0 Å². The summed E-state index contributed by atoms with van der Waals surface area (Å²) >= 11 is 0. The van der Waals surface area contributed by atoms with Crippen LogP contribution in [0, 0.1) is 10.1 Å². The molecular formula is C16H11N3O6S. The summed E-state index contributed by atoms with van der Waals surface area (Å²) in [5.74, 6) is -0.162. The number of nitrogens with zero attached hydrogens (tertiary/aromatic N) is 3. The Kier molecular flexibility index (Phi) is 4.36. The summed E-state index contributed by atoms with van der Waals surface area (Å²) in [6.07, 6.45) is 0. The maximum atomic E-state index is 11.2. The molecule has 2 N–H and O–H groups in total. The Labute approximate surface area is 147 Å². The van der Waals surface area contributed by atoms with Crippen LogP contribution in [0.3, 0.4) is 0 Å². The van der Waals surface area contributed by atoms with E-state index in [1.807, 2.05) is 0 Å². The van der Waals surface area contributed by atoms with Gasteiger partial charge >= 0.3 is 0 Å². The maximum Gasteiger partial charge on any atom is 0.298 e. The highest BCUT2D eigenvalue weighted by Gasteiger charge is 2.20. The van der Waals surface area contributed by atoms with E-state index in [-0.39, 0.29) is 17.1 Å². The lowest BCUT2D eigenvalue weighted by molar-refractivity contribution is -0.384. The molecule has 0 bridgehead atoms. The van der Waals surface area contributed by atoms with Crippen molar-refractivity contribution in [3.63, 3.8) is 0 Å². The van der Waals surface area contributed by atoms with E-state index in [0.717, 1.165) is 17.5 Å². The normalized spacial score (nSPS) is 11.9. The monoisotopic (exact) mass is 373 g/mol. The molecule has 0 spiro atoms. The maximum absolute atomic E-state index is 11.2. The molecule has 0 atom stereocenters. The second-order valence-electron chi connectivity index (χ2n) is 5.24. The number of azo groups is 1. The second-order valence-corrected chi connectivity index (χ2v) is 6.66. The number of aromatic hydroxyl groups is 1. The molecule has 0 aliphatic heterocycles. The molecule has 3 rings (SSSR count). The lowest BCUT2D eigenvalue weighted by Crippen LogP contribution is -1.99. The number of hydrogen-bond acceptors (Lipinski definition) is 7. The number of phenolic OH excluding ortho intramolecular Hbond substituents is 1. The lowest BCUT2D eigenvalue weighted by Gasteiger charge is -2.04. The van der Waals surface area contributed by atoms with Gasteiger partial charge in [0.1, 0.15) is 16.3 Å². The smallest absolute Gasteiger partial charge is 0.298 e. The van der Waals surface area contributed by atoms with Crippen molar-refractivity contribution < 1.29 is 23.0 Å². The van der Waals surface area contributed by atoms with E-state index in [9.17, 15) is 23.6 Å². The fourth-order valence-corrected chi connectivity index (χ4v) is 2.85. The Hall–Kier alpha value is -3.37. The first kappa shape index (κ1) is 17.5. The summed E-state index contributed by atoms with van der Waals surface area (Å²) in [6, 6.07) is 12.9. The van der Waals surface area contributed by atoms with Crippen molar-refractivity contribution in [1.82, 2.24) is 0 Å². The van der Waals surface area contributed by atoms with Gasteiger partial charge in [-0.05, 0) is 23.6 Å². The molecular weight excluding hydrogens is 362 g/mol. The molecule has 0 aliphatic rings. The number of hydrogen-bond donors (Lipinski definition) is 2. The van der Waals surface area contributed by atoms with Crippen molar-refractivity contribution in [2.24, 2.45) is 10.2 Å². The first-order chi connectivity index (χ1) is 12.3. The minimum Gasteiger partial charge on any atom is -0.506 e. The molecule has 0 amide bonds. The molecule has 0 aliphatic carbocycles. The average molecular weight is 373 g/mol. The molecule has 132 valence electrons. The van der Waals surface area contributed by atoms with E-state index in [0.29, 0.717) is 11.5 Å². The van der Waals surface area contributed by atoms with Crippen molar-refractivity contribution in [3.05, 3.63) is 64.7 Å². The van der Waals surface area contributed by atoms with Crippen LogP contribution in [0.5, 0.6) is 5.75 Å². The minimum absolute atomic E-state index is 0.122. The van der Waals surface area contributed by atoms with Gasteiger partial charge in [-0.2, -0.15) is 8.42 Å². The summed E-state index contributed by atoms with van der Waals surface area (Å²) in [5, 5.41) is 30.2. The third kappa shape index (κ3) is 3.36. The highest BCUT2D eigenvalue weighted by atomic mass is 32.2. The molecule has 0 saturated carbocycles. The molecule has 10 heteroatoms. The van der Waals surface area contributed by atoms with Crippen LogP contribution in [0.1, 0.15) is 0 Å². The van der Waals surface area contributed by atoms with Gasteiger partial charge in [0.05, 0.1) is 4.92 Å². The van der Waals surface area contributed by atoms with Gasteiger partial charge in [-0.15, -0.1) is 10.2 Å². The first-order valence-electron chi connectivity index (χ1n) is 7.16. The predicted molar refractivity (Wildman–Crippen MR) is 92.7 cm³/mol. The van der Waals surface area contributed by atoms with Crippen LogP contribution < -0.4 is 0 Å². The van der Waals surface area contributed by atoms with Crippen LogP contribution in [-0.2, 0) is 10.1 Å². The molecule has 0 radical (unpaired) electrons. The van der Waals surface area contributed by atoms with Crippen molar-refractivity contribution in [3.8, 4) is 5.75 Å². The van der Waals surface area contributed by atoms with E-state index < -0.39 is 25.6 Å². The van der Waals surface area contributed by atoms with Crippen LogP contribution >= 0.6 is 0 Å². The Morgan fingerprint density at radius 2 is 1.73 bits per heavy atom. The Bertz CT molecular complexity index is 1160. The van der Waals surface area contributed by atoms with Gasteiger partial charge < -0.3 is 5.11 Å². The van der Waals surface area contributed by atoms with Crippen LogP contribution in [-0.4, -0.2) is 23.0 Å². The van der Waals surface area contributed by atoms with E-state index in [4.69, 9.17) is 4.55 Å². The van der Waals surface area contributed by atoms with E-state index in [2.05, 4.69) is 10.2 Å². The van der Waals surface area contributed by atoms with Crippen LogP contribution in [0.2, 0.25) is 0 Å². The van der Waals surface area contributed by atoms with Gasteiger partial charge in [0.15, 0.2) is 5.69 Å². The Morgan fingerprint density at radius 1 is 1.00 bits per heavy atom. The summed E-state index contributed by atoms with van der Waals surface area (Å²) in [6.45, 7) is 0. The molecule has 0 fully saturated rings. The topological polar surface area (TPSA) is 142 Å². The van der Waals surface area contributed by atoms with Crippen molar-refractivity contribution in [1.29, 1.82) is 0 Å². The number of nitro benzene ring substituents is 1. The second kappa shape index (κ2) is 6.50. The molecule has 3 aromatic carbocycles. The number of fused-ring (bicyclic) bond motifs is 1. The molecule has 0 aromatic heterocycles. The van der Waals surface area contributed by atoms with Crippen molar-refractivity contribution in [2.45, 2.75) is 4.90 Å².